The van der Waals surface area contributed by atoms with Crippen molar-refractivity contribution in [1.29, 1.82) is 0 Å². The monoisotopic (exact) mass is 371 g/mol. The van der Waals surface area contributed by atoms with Crippen LogP contribution in [0.3, 0.4) is 0 Å². The van der Waals surface area contributed by atoms with Crippen LogP contribution in [0.4, 0.5) is 4.79 Å². The third-order valence-corrected chi connectivity index (χ3v) is 5.86. The van der Waals surface area contributed by atoms with E-state index in [9.17, 15) is 14.4 Å². The molecule has 146 valence electrons. The summed E-state index contributed by atoms with van der Waals surface area (Å²) in [4.78, 5) is 38.9. The summed E-state index contributed by atoms with van der Waals surface area (Å²) in [5.74, 6) is -0.160. The molecular weight excluding hydrogens is 342 g/mol. The fraction of sp³-hybridized carbons (Fsp3) is 0.571. The van der Waals surface area contributed by atoms with Gasteiger partial charge in [-0.15, -0.1) is 0 Å². The summed E-state index contributed by atoms with van der Waals surface area (Å²) < 4.78 is 0. The number of aryl methyl sites for hydroxylation is 1. The second-order valence-corrected chi connectivity index (χ2v) is 7.60. The summed E-state index contributed by atoms with van der Waals surface area (Å²) in [5.41, 5.74) is 0.942. The van der Waals surface area contributed by atoms with Crippen LogP contribution in [0.25, 0.3) is 0 Å². The molecule has 2 N–H and O–H groups in total. The first-order chi connectivity index (χ1) is 13.0. The van der Waals surface area contributed by atoms with Crippen molar-refractivity contribution in [3.8, 4) is 0 Å². The Bertz CT molecular complexity index is 733. The lowest BCUT2D eigenvalue weighted by molar-refractivity contribution is -0.135. The van der Waals surface area contributed by atoms with Crippen LogP contribution >= 0.6 is 0 Å². The van der Waals surface area contributed by atoms with Crippen molar-refractivity contribution in [3.05, 3.63) is 35.4 Å². The van der Waals surface area contributed by atoms with Gasteiger partial charge in [-0.05, 0) is 36.3 Å². The molecule has 27 heavy (non-hydrogen) atoms. The molecule has 0 radical (unpaired) electrons. The largest absolute Gasteiger partial charge is 0.354 e. The summed E-state index contributed by atoms with van der Waals surface area (Å²) >= 11 is 0. The third kappa shape index (κ3) is 3.70. The lowest BCUT2D eigenvalue weighted by Crippen LogP contribution is -2.44. The molecule has 6 nitrogen and oxygen atoms in total. The number of urea groups is 1. The van der Waals surface area contributed by atoms with E-state index < -0.39 is 11.6 Å². The highest BCUT2D eigenvalue weighted by Crippen LogP contribution is 2.41. The van der Waals surface area contributed by atoms with E-state index in [1.165, 1.54) is 0 Å². The second-order valence-electron chi connectivity index (χ2n) is 7.60. The van der Waals surface area contributed by atoms with Gasteiger partial charge in [-0.1, -0.05) is 57.4 Å². The van der Waals surface area contributed by atoms with Gasteiger partial charge in [-0.25, -0.2) is 4.79 Å². The molecule has 0 unspecified atom stereocenters. The zero-order chi connectivity index (χ0) is 19.4. The van der Waals surface area contributed by atoms with Crippen LogP contribution in [0, 0.1) is 5.92 Å². The molecule has 2 aliphatic rings. The highest BCUT2D eigenvalue weighted by molar-refractivity contribution is 6.09. The molecule has 0 aromatic heterocycles. The van der Waals surface area contributed by atoms with Gasteiger partial charge < -0.3 is 10.6 Å². The predicted molar refractivity (Wildman–Crippen MR) is 103 cm³/mol. The summed E-state index contributed by atoms with van der Waals surface area (Å²) in [6.07, 6.45) is 5.65. The smallest absolute Gasteiger partial charge is 0.325 e. The van der Waals surface area contributed by atoms with Crippen molar-refractivity contribution in [2.75, 3.05) is 13.1 Å². The van der Waals surface area contributed by atoms with Crippen LogP contribution in [-0.4, -0.2) is 35.8 Å². The van der Waals surface area contributed by atoms with E-state index >= 15 is 0 Å². The first kappa shape index (κ1) is 19.4. The molecule has 4 amide bonds. The van der Waals surface area contributed by atoms with Crippen LogP contribution in [0.15, 0.2) is 24.3 Å². The zero-order valence-corrected chi connectivity index (χ0v) is 16.2. The lowest BCUT2D eigenvalue weighted by atomic mass is 9.92. The number of benzene rings is 1. The van der Waals surface area contributed by atoms with E-state index in [0.717, 1.165) is 48.1 Å². The van der Waals surface area contributed by atoms with Crippen LogP contribution in [-0.2, 0) is 21.5 Å². The van der Waals surface area contributed by atoms with Crippen LogP contribution < -0.4 is 10.6 Å². The quantitative estimate of drug-likeness (QED) is 0.690. The molecule has 6 heteroatoms. The Labute approximate surface area is 160 Å². The number of fused-ring (bicyclic) bond motifs is 2. The SMILES string of the molecule is CCCC[C@@H](CC)CNC(=O)CN1C(=O)N[C@@]2(CCc3ccccc32)C1=O. The van der Waals surface area contributed by atoms with Crippen molar-refractivity contribution in [3.63, 3.8) is 0 Å². The number of hydrogen-bond donors (Lipinski definition) is 2. The number of rotatable bonds is 8. The van der Waals surface area contributed by atoms with Gasteiger partial charge in [-0.2, -0.15) is 0 Å². The minimum atomic E-state index is -0.999. The highest BCUT2D eigenvalue weighted by Gasteiger charge is 2.55. The van der Waals surface area contributed by atoms with Gasteiger partial charge in [0.05, 0.1) is 0 Å². The Balaban J connectivity index is 1.62. The van der Waals surface area contributed by atoms with Crippen LogP contribution in [0.2, 0.25) is 0 Å². The number of nitrogens with one attached hydrogen (secondary N) is 2. The fourth-order valence-electron chi connectivity index (χ4n) is 4.13. The molecule has 1 aliphatic carbocycles. The maximum atomic E-state index is 13.0. The second kappa shape index (κ2) is 8.11. The number of imide groups is 1. The average Bonchev–Trinajstić information content (AvgIpc) is 3.15. The van der Waals surface area contributed by atoms with Crippen molar-refractivity contribution in [2.24, 2.45) is 5.92 Å². The third-order valence-electron chi connectivity index (χ3n) is 5.86. The first-order valence-electron chi connectivity index (χ1n) is 10.0. The number of carbonyl (C=O) groups is 3. The Hall–Kier alpha value is -2.37. The summed E-state index contributed by atoms with van der Waals surface area (Å²) in [5, 5.41) is 5.75. The standard InChI is InChI=1S/C21H29N3O3/c1-3-5-8-15(4-2)13-22-18(25)14-24-19(26)21(23-20(24)27)12-11-16-9-6-7-10-17(16)21/h6-7,9-10,15H,3-5,8,11-14H2,1-2H3,(H,22,25)(H,23,27)/t15-,21-/m1/s1. The molecule has 0 bridgehead atoms. The van der Waals surface area contributed by atoms with E-state index in [1.807, 2.05) is 24.3 Å². The van der Waals surface area contributed by atoms with Gasteiger partial charge in [0, 0.05) is 6.54 Å². The van der Waals surface area contributed by atoms with Gasteiger partial charge in [0.25, 0.3) is 5.91 Å². The number of carbonyl (C=O) groups excluding carboxylic acids is 3. The van der Waals surface area contributed by atoms with E-state index in [1.54, 1.807) is 0 Å². The average molecular weight is 371 g/mol. The molecule has 1 aromatic rings. The lowest BCUT2D eigenvalue weighted by Gasteiger charge is -2.22. The summed E-state index contributed by atoms with van der Waals surface area (Å²) in [7, 11) is 0. The molecule has 0 saturated carbocycles. The Morgan fingerprint density at radius 2 is 2.07 bits per heavy atom. The van der Waals surface area contributed by atoms with E-state index in [2.05, 4.69) is 24.5 Å². The number of hydrogen-bond acceptors (Lipinski definition) is 3. The molecule has 1 aliphatic heterocycles. The molecule has 1 heterocycles. The number of amides is 4. The maximum Gasteiger partial charge on any atom is 0.325 e. The zero-order valence-electron chi connectivity index (χ0n) is 16.2. The number of unbranched alkanes of at least 4 members (excludes halogenated alkanes) is 1. The Morgan fingerprint density at radius 3 is 2.81 bits per heavy atom. The Kier molecular flexibility index (Phi) is 5.82. The van der Waals surface area contributed by atoms with Crippen molar-refractivity contribution in [2.45, 2.75) is 57.9 Å². The van der Waals surface area contributed by atoms with Crippen molar-refractivity contribution >= 4 is 17.8 Å². The van der Waals surface area contributed by atoms with Crippen molar-refractivity contribution < 1.29 is 14.4 Å². The maximum absolute atomic E-state index is 13.0. The van der Waals surface area contributed by atoms with Gasteiger partial charge >= 0.3 is 6.03 Å². The van der Waals surface area contributed by atoms with Crippen LogP contribution in [0.1, 0.15) is 57.1 Å². The molecule has 1 aromatic carbocycles. The predicted octanol–water partition coefficient (Wildman–Crippen LogP) is 2.71. The molecular formula is C21H29N3O3. The molecule has 1 fully saturated rings. The highest BCUT2D eigenvalue weighted by atomic mass is 16.2. The minimum Gasteiger partial charge on any atom is -0.354 e. The van der Waals surface area contributed by atoms with Gasteiger partial charge in [-0.3, -0.25) is 14.5 Å². The van der Waals surface area contributed by atoms with Gasteiger partial charge in [0.15, 0.2) is 0 Å². The van der Waals surface area contributed by atoms with Gasteiger partial charge in [0.2, 0.25) is 5.91 Å². The normalized spacial score (nSPS) is 22.1. The minimum absolute atomic E-state index is 0.223. The van der Waals surface area contributed by atoms with E-state index in [4.69, 9.17) is 0 Å². The molecule has 1 spiro atoms. The summed E-state index contributed by atoms with van der Waals surface area (Å²) in [6.45, 7) is 4.64. The van der Waals surface area contributed by atoms with Gasteiger partial charge in [0.1, 0.15) is 12.1 Å². The van der Waals surface area contributed by atoms with E-state index in [-0.39, 0.29) is 18.4 Å². The first-order valence-corrected chi connectivity index (χ1v) is 10.0. The van der Waals surface area contributed by atoms with E-state index in [0.29, 0.717) is 18.9 Å². The molecule has 3 rings (SSSR count). The Morgan fingerprint density at radius 1 is 1.30 bits per heavy atom. The van der Waals surface area contributed by atoms with Crippen LogP contribution in [0.5, 0.6) is 0 Å². The molecule has 1 saturated heterocycles. The molecule has 2 atom stereocenters. The summed E-state index contributed by atoms with van der Waals surface area (Å²) in [6, 6.07) is 7.21. The fourth-order valence-corrected chi connectivity index (χ4v) is 4.13. The topological polar surface area (TPSA) is 78.5 Å². The number of nitrogens with zero attached hydrogens (tertiary/aromatic N) is 1. The van der Waals surface area contributed by atoms with Crippen molar-refractivity contribution in [1.82, 2.24) is 15.5 Å².